The van der Waals surface area contributed by atoms with E-state index in [1.807, 2.05) is 30.3 Å². The summed E-state index contributed by atoms with van der Waals surface area (Å²) in [6.45, 7) is 3.17. The number of nitriles is 1. The highest BCUT2D eigenvalue weighted by Crippen LogP contribution is 2.24. The van der Waals surface area contributed by atoms with Crippen LogP contribution in [0.1, 0.15) is 25.3 Å². The van der Waals surface area contributed by atoms with Crippen LogP contribution in [0.3, 0.4) is 0 Å². The summed E-state index contributed by atoms with van der Waals surface area (Å²) in [5, 5.41) is 13.2. The van der Waals surface area contributed by atoms with Crippen molar-refractivity contribution in [2.45, 2.75) is 25.8 Å². The average Bonchev–Trinajstić information content (AvgIpc) is 2.53. The number of carbonyl (C=O) groups excluding carboxylic acids is 1. The summed E-state index contributed by atoms with van der Waals surface area (Å²) in [6.07, 6.45) is 1.98. The van der Waals surface area contributed by atoms with Crippen molar-refractivity contribution >= 4 is 22.6 Å². The van der Waals surface area contributed by atoms with Gasteiger partial charge in [0.1, 0.15) is 5.82 Å². The van der Waals surface area contributed by atoms with Crippen LogP contribution in [-0.4, -0.2) is 30.0 Å². The van der Waals surface area contributed by atoms with Gasteiger partial charge in [-0.15, -0.1) is 0 Å². The second kappa shape index (κ2) is 6.02. The Balaban J connectivity index is 1.92. The minimum absolute atomic E-state index is 0.00367. The number of fused-ring (bicyclic) bond motifs is 1. The Morgan fingerprint density at radius 1 is 1.45 bits per heavy atom. The smallest absolute Gasteiger partial charge is 0.217 e. The van der Waals surface area contributed by atoms with E-state index in [1.54, 1.807) is 6.92 Å². The Kier molecular flexibility index (Phi) is 3.92. The van der Waals surface area contributed by atoms with Crippen molar-refractivity contribution in [2.24, 2.45) is 0 Å². The quantitative estimate of drug-likeness (QED) is 0.922. The minimum Gasteiger partial charge on any atom is -0.355 e. The molecule has 3 rings (SSSR count). The standard InChI is InChI=1S/C17H18N4O/c1-12(22)19-14-5-4-8-21(11-14)17-9-13(10-18)15-6-2-3-7-16(15)20-17/h2-3,6-7,9,14H,4-5,8,11H2,1H3,(H,19,22)/t14-/m1/s1. The van der Waals surface area contributed by atoms with Crippen LogP contribution in [-0.2, 0) is 4.79 Å². The fraction of sp³-hybridized carbons (Fsp3) is 0.353. The van der Waals surface area contributed by atoms with Gasteiger partial charge < -0.3 is 10.2 Å². The monoisotopic (exact) mass is 294 g/mol. The van der Waals surface area contributed by atoms with Crippen molar-refractivity contribution in [1.82, 2.24) is 10.3 Å². The van der Waals surface area contributed by atoms with Gasteiger partial charge in [0.25, 0.3) is 0 Å². The van der Waals surface area contributed by atoms with Crippen LogP contribution in [0.15, 0.2) is 30.3 Å². The fourth-order valence-corrected chi connectivity index (χ4v) is 3.01. The summed E-state index contributed by atoms with van der Waals surface area (Å²) in [5.41, 5.74) is 1.47. The summed E-state index contributed by atoms with van der Waals surface area (Å²) in [6, 6.07) is 11.9. The van der Waals surface area contributed by atoms with Crippen molar-refractivity contribution in [3.63, 3.8) is 0 Å². The molecule has 0 unspecified atom stereocenters. The van der Waals surface area contributed by atoms with Gasteiger partial charge in [0.15, 0.2) is 0 Å². The average molecular weight is 294 g/mol. The van der Waals surface area contributed by atoms with Crippen LogP contribution in [0.4, 0.5) is 5.82 Å². The molecular weight excluding hydrogens is 276 g/mol. The molecule has 1 amide bonds. The summed E-state index contributed by atoms with van der Waals surface area (Å²) < 4.78 is 0. The molecule has 0 saturated carbocycles. The van der Waals surface area contributed by atoms with Gasteiger partial charge in [0, 0.05) is 31.4 Å². The van der Waals surface area contributed by atoms with Gasteiger partial charge in [0.05, 0.1) is 17.1 Å². The van der Waals surface area contributed by atoms with E-state index in [0.29, 0.717) is 5.56 Å². The number of anilines is 1. The van der Waals surface area contributed by atoms with Gasteiger partial charge >= 0.3 is 0 Å². The molecule has 1 aromatic heterocycles. The van der Waals surface area contributed by atoms with Gasteiger partial charge in [-0.3, -0.25) is 4.79 Å². The van der Waals surface area contributed by atoms with E-state index in [9.17, 15) is 10.1 Å². The molecule has 112 valence electrons. The Morgan fingerprint density at radius 3 is 3.05 bits per heavy atom. The molecule has 5 nitrogen and oxygen atoms in total. The lowest BCUT2D eigenvalue weighted by Gasteiger charge is -2.34. The first kappa shape index (κ1) is 14.3. The summed E-state index contributed by atoms with van der Waals surface area (Å²) in [5.74, 6) is 0.807. The number of carbonyl (C=O) groups is 1. The van der Waals surface area contributed by atoms with Crippen LogP contribution in [0, 0.1) is 11.3 Å². The molecule has 0 aliphatic carbocycles. The number of para-hydroxylation sites is 1. The molecule has 1 saturated heterocycles. The molecule has 22 heavy (non-hydrogen) atoms. The number of pyridine rings is 1. The zero-order chi connectivity index (χ0) is 15.5. The maximum Gasteiger partial charge on any atom is 0.217 e. The number of amides is 1. The number of hydrogen-bond donors (Lipinski definition) is 1. The first-order valence-electron chi connectivity index (χ1n) is 7.49. The van der Waals surface area contributed by atoms with Crippen molar-refractivity contribution in [2.75, 3.05) is 18.0 Å². The molecule has 1 aromatic carbocycles. The third-order valence-corrected chi connectivity index (χ3v) is 3.98. The van der Waals surface area contributed by atoms with Crippen LogP contribution < -0.4 is 10.2 Å². The molecule has 1 fully saturated rings. The Morgan fingerprint density at radius 2 is 2.27 bits per heavy atom. The summed E-state index contributed by atoms with van der Waals surface area (Å²) in [4.78, 5) is 18.1. The van der Waals surface area contributed by atoms with Crippen LogP contribution in [0.2, 0.25) is 0 Å². The van der Waals surface area contributed by atoms with E-state index in [-0.39, 0.29) is 11.9 Å². The highest BCUT2D eigenvalue weighted by atomic mass is 16.1. The second-order valence-corrected chi connectivity index (χ2v) is 5.64. The molecule has 0 spiro atoms. The number of aromatic nitrogens is 1. The molecule has 1 atom stereocenters. The number of hydrogen-bond acceptors (Lipinski definition) is 4. The predicted molar refractivity (Wildman–Crippen MR) is 85.5 cm³/mol. The third kappa shape index (κ3) is 2.86. The Labute approximate surface area is 129 Å². The van der Waals surface area contributed by atoms with Crippen LogP contribution >= 0.6 is 0 Å². The summed E-state index contributed by atoms with van der Waals surface area (Å²) >= 11 is 0. The van der Waals surface area contributed by atoms with Gasteiger partial charge in [-0.05, 0) is 25.0 Å². The zero-order valence-electron chi connectivity index (χ0n) is 12.5. The molecule has 0 bridgehead atoms. The first-order chi connectivity index (χ1) is 10.7. The highest BCUT2D eigenvalue weighted by molar-refractivity contribution is 5.86. The SMILES string of the molecule is CC(=O)N[C@@H]1CCCN(c2cc(C#N)c3ccccc3n2)C1. The topological polar surface area (TPSA) is 69.0 Å². The number of nitrogens with zero attached hydrogens (tertiary/aromatic N) is 3. The lowest BCUT2D eigenvalue weighted by Crippen LogP contribution is -2.47. The minimum atomic E-state index is -0.00367. The second-order valence-electron chi connectivity index (χ2n) is 5.64. The maximum atomic E-state index is 11.2. The molecular formula is C17H18N4O. The van der Waals surface area contributed by atoms with Crippen LogP contribution in [0.25, 0.3) is 10.9 Å². The lowest BCUT2D eigenvalue weighted by molar-refractivity contribution is -0.119. The van der Waals surface area contributed by atoms with Crippen molar-refractivity contribution in [1.29, 1.82) is 5.26 Å². The van der Waals surface area contributed by atoms with Crippen molar-refractivity contribution in [3.8, 4) is 6.07 Å². The number of benzene rings is 1. The Bertz CT molecular complexity index is 750. The first-order valence-corrected chi connectivity index (χ1v) is 7.49. The van der Waals surface area contributed by atoms with E-state index in [0.717, 1.165) is 42.7 Å². The number of rotatable bonds is 2. The lowest BCUT2D eigenvalue weighted by atomic mass is 10.0. The van der Waals surface area contributed by atoms with E-state index >= 15 is 0 Å². The van der Waals surface area contributed by atoms with Crippen molar-refractivity contribution in [3.05, 3.63) is 35.9 Å². The van der Waals surface area contributed by atoms with Crippen molar-refractivity contribution < 1.29 is 4.79 Å². The van der Waals surface area contributed by atoms with E-state index < -0.39 is 0 Å². The molecule has 5 heteroatoms. The van der Waals surface area contributed by atoms with E-state index in [4.69, 9.17) is 0 Å². The fourth-order valence-electron chi connectivity index (χ4n) is 3.01. The third-order valence-electron chi connectivity index (χ3n) is 3.98. The maximum absolute atomic E-state index is 11.2. The van der Waals surface area contributed by atoms with E-state index in [1.165, 1.54) is 0 Å². The van der Waals surface area contributed by atoms with E-state index in [2.05, 4.69) is 21.3 Å². The zero-order valence-corrected chi connectivity index (χ0v) is 12.5. The largest absolute Gasteiger partial charge is 0.355 e. The molecule has 1 aliphatic heterocycles. The molecule has 1 aliphatic rings. The molecule has 0 radical (unpaired) electrons. The normalized spacial score (nSPS) is 18.0. The van der Waals surface area contributed by atoms with Gasteiger partial charge in [0.2, 0.25) is 5.91 Å². The number of nitrogens with one attached hydrogen (secondary N) is 1. The van der Waals surface area contributed by atoms with Gasteiger partial charge in [-0.25, -0.2) is 4.98 Å². The summed E-state index contributed by atoms with van der Waals surface area (Å²) in [7, 11) is 0. The van der Waals surface area contributed by atoms with Gasteiger partial charge in [-0.2, -0.15) is 5.26 Å². The molecule has 2 aromatic rings. The van der Waals surface area contributed by atoms with Gasteiger partial charge in [-0.1, -0.05) is 18.2 Å². The predicted octanol–water partition coefficient (Wildman–Crippen LogP) is 2.21. The molecule has 1 N–H and O–H groups in total. The molecule has 2 heterocycles. The Hall–Kier alpha value is -2.61. The highest BCUT2D eigenvalue weighted by Gasteiger charge is 2.22. The number of piperidine rings is 1. The van der Waals surface area contributed by atoms with Crippen LogP contribution in [0.5, 0.6) is 0 Å².